The molecular formula is C20H29FN2O2. The van der Waals surface area contributed by atoms with Crippen LogP contribution in [0.5, 0.6) is 0 Å². The molecule has 0 atom stereocenters. The van der Waals surface area contributed by atoms with Crippen LogP contribution in [0, 0.1) is 19.7 Å². The summed E-state index contributed by atoms with van der Waals surface area (Å²) in [6.07, 6.45) is 4.26. The SMILES string of the molecule is CCC/C(=C\c1cc(C)c(F)cc1C)CN1CCN(C(=O)CO)CC1. The van der Waals surface area contributed by atoms with Crippen molar-refractivity contribution in [3.63, 3.8) is 0 Å². The van der Waals surface area contributed by atoms with E-state index in [0.717, 1.165) is 43.6 Å². The molecule has 0 radical (unpaired) electrons. The van der Waals surface area contributed by atoms with Crippen LogP contribution in [0.4, 0.5) is 4.39 Å². The molecule has 1 aromatic carbocycles. The zero-order valence-electron chi connectivity index (χ0n) is 15.5. The summed E-state index contributed by atoms with van der Waals surface area (Å²) in [6.45, 7) is 9.30. The average molecular weight is 348 g/mol. The lowest BCUT2D eigenvalue weighted by atomic mass is 10.00. The Bertz CT molecular complexity index is 635. The Labute approximate surface area is 149 Å². The predicted octanol–water partition coefficient (Wildman–Crippen LogP) is 2.76. The number of aliphatic hydroxyl groups excluding tert-OH is 1. The Hall–Kier alpha value is -1.72. The molecule has 1 aliphatic heterocycles. The minimum absolute atomic E-state index is 0.156. The van der Waals surface area contributed by atoms with E-state index in [1.807, 2.05) is 13.0 Å². The first-order chi connectivity index (χ1) is 11.9. The fourth-order valence-corrected chi connectivity index (χ4v) is 3.24. The quantitative estimate of drug-likeness (QED) is 0.860. The maximum atomic E-state index is 13.7. The number of hydrogen-bond acceptors (Lipinski definition) is 3. The van der Waals surface area contributed by atoms with Crippen molar-refractivity contribution in [2.45, 2.75) is 33.6 Å². The summed E-state index contributed by atoms with van der Waals surface area (Å²) >= 11 is 0. The summed E-state index contributed by atoms with van der Waals surface area (Å²) in [6, 6.07) is 3.52. The second-order valence-corrected chi connectivity index (χ2v) is 6.83. The number of carbonyl (C=O) groups excluding carboxylic acids is 1. The van der Waals surface area contributed by atoms with Crippen LogP contribution in [-0.4, -0.2) is 60.1 Å². The molecule has 5 heteroatoms. The molecule has 0 aliphatic carbocycles. The highest BCUT2D eigenvalue weighted by Crippen LogP contribution is 2.20. The fraction of sp³-hybridized carbons (Fsp3) is 0.550. The van der Waals surface area contributed by atoms with E-state index < -0.39 is 6.61 Å². The monoisotopic (exact) mass is 348 g/mol. The topological polar surface area (TPSA) is 43.8 Å². The van der Waals surface area contributed by atoms with Crippen molar-refractivity contribution in [3.05, 3.63) is 40.2 Å². The highest BCUT2D eigenvalue weighted by Gasteiger charge is 2.20. The minimum atomic E-state index is -0.413. The summed E-state index contributed by atoms with van der Waals surface area (Å²) in [5, 5.41) is 8.96. The zero-order chi connectivity index (χ0) is 18.4. The zero-order valence-corrected chi connectivity index (χ0v) is 15.5. The molecule has 0 aromatic heterocycles. The van der Waals surface area contributed by atoms with Gasteiger partial charge in [-0.05, 0) is 49.1 Å². The predicted molar refractivity (Wildman–Crippen MR) is 98.9 cm³/mol. The maximum Gasteiger partial charge on any atom is 0.248 e. The van der Waals surface area contributed by atoms with Gasteiger partial charge in [0.1, 0.15) is 12.4 Å². The maximum absolute atomic E-state index is 13.7. The number of rotatable bonds is 6. The van der Waals surface area contributed by atoms with Crippen LogP contribution in [0.15, 0.2) is 17.7 Å². The second kappa shape index (κ2) is 9.11. The van der Waals surface area contributed by atoms with E-state index in [1.165, 1.54) is 5.57 Å². The molecule has 1 aromatic rings. The molecule has 1 amide bonds. The first-order valence-corrected chi connectivity index (χ1v) is 9.01. The molecule has 25 heavy (non-hydrogen) atoms. The van der Waals surface area contributed by atoms with Crippen LogP contribution in [0.3, 0.4) is 0 Å². The second-order valence-electron chi connectivity index (χ2n) is 6.83. The number of hydrogen-bond donors (Lipinski definition) is 1. The van der Waals surface area contributed by atoms with Gasteiger partial charge >= 0.3 is 0 Å². The Morgan fingerprint density at radius 3 is 2.48 bits per heavy atom. The van der Waals surface area contributed by atoms with Gasteiger partial charge < -0.3 is 10.0 Å². The van der Waals surface area contributed by atoms with Gasteiger partial charge in [0.05, 0.1) is 0 Å². The average Bonchev–Trinajstić information content (AvgIpc) is 2.60. The van der Waals surface area contributed by atoms with Crippen LogP contribution in [-0.2, 0) is 4.79 Å². The number of piperazine rings is 1. The van der Waals surface area contributed by atoms with Crippen LogP contribution in [0.25, 0.3) is 6.08 Å². The minimum Gasteiger partial charge on any atom is -0.387 e. The number of aliphatic hydroxyl groups is 1. The van der Waals surface area contributed by atoms with E-state index in [0.29, 0.717) is 18.7 Å². The van der Waals surface area contributed by atoms with Crippen molar-refractivity contribution in [3.8, 4) is 0 Å². The number of halogens is 1. The molecule has 0 unspecified atom stereocenters. The van der Waals surface area contributed by atoms with Crippen molar-refractivity contribution in [2.24, 2.45) is 0 Å². The van der Waals surface area contributed by atoms with Crippen LogP contribution >= 0.6 is 0 Å². The van der Waals surface area contributed by atoms with E-state index >= 15 is 0 Å². The highest BCUT2D eigenvalue weighted by molar-refractivity contribution is 5.77. The van der Waals surface area contributed by atoms with Crippen molar-refractivity contribution < 1.29 is 14.3 Å². The molecule has 4 nitrogen and oxygen atoms in total. The van der Waals surface area contributed by atoms with Gasteiger partial charge in [0.25, 0.3) is 0 Å². The molecule has 138 valence electrons. The number of aryl methyl sites for hydroxylation is 2. The summed E-state index contributed by atoms with van der Waals surface area (Å²) in [5.41, 5.74) is 4.04. The summed E-state index contributed by atoms with van der Waals surface area (Å²) in [7, 11) is 0. The van der Waals surface area contributed by atoms with Crippen LogP contribution in [0.2, 0.25) is 0 Å². The molecule has 0 saturated carbocycles. The first-order valence-electron chi connectivity index (χ1n) is 9.01. The van der Waals surface area contributed by atoms with Gasteiger partial charge in [-0.1, -0.05) is 25.0 Å². The van der Waals surface area contributed by atoms with Gasteiger partial charge in [-0.3, -0.25) is 9.69 Å². The van der Waals surface area contributed by atoms with E-state index in [4.69, 9.17) is 5.11 Å². The molecule has 1 saturated heterocycles. The Balaban J connectivity index is 2.07. The third kappa shape index (κ3) is 5.38. The van der Waals surface area contributed by atoms with Crippen LogP contribution < -0.4 is 0 Å². The third-order valence-corrected chi connectivity index (χ3v) is 4.76. The lowest BCUT2D eigenvalue weighted by Gasteiger charge is -2.35. The Morgan fingerprint density at radius 2 is 1.88 bits per heavy atom. The lowest BCUT2D eigenvalue weighted by molar-refractivity contribution is -0.135. The molecule has 0 spiro atoms. The normalized spacial score (nSPS) is 16.4. The Morgan fingerprint density at radius 1 is 1.20 bits per heavy atom. The van der Waals surface area contributed by atoms with Gasteiger partial charge in [-0.15, -0.1) is 0 Å². The van der Waals surface area contributed by atoms with Gasteiger partial charge in [0, 0.05) is 32.7 Å². The molecule has 1 aliphatic rings. The van der Waals surface area contributed by atoms with E-state index in [-0.39, 0.29) is 11.7 Å². The molecular weight excluding hydrogens is 319 g/mol. The summed E-state index contributed by atoms with van der Waals surface area (Å²) in [5.74, 6) is -0.349. The standard InChI is InChI=1S/C20H29FN2O2/c1-4-5-17(12-18-10-16(3)19(21)11-15(18)2)13-22-6-8-23(9-7-22)20(25)14-24/h10-12,24H,4-9,13-14H2,1-3H3/b17-12+. The number of nitrogens with zero attached hydrogens (tertiary/aromatic N) is 2. The smallest absolute Gasteiger partial charge is 0.248 e. The van der Waals surface area contributed by atoms with Gasteiger partial charge in [0.15, 0.2) is 0 Å². The van der Waals surface area contributed by atoms with Crippen molar-refractivity contribution in [2.75, 3.05) is 39.3 Å². The van der Waals surface area contributed by atoms with Gasteiger partial charge in [-0.25, -0.2) is 4.39 Å². The van der Waals surface area contributed by atoms with E-state index in [1.54, 1.807) is 17.9 Å². The third-order valence-electron chi connectivity index (χ3n) is 4.76. The van der Waals surface area contributed by atoms with E-state index in [2.05, 4.69) is 17.9 Å². The van der Waals surface area contributed by atoms with Crippen molar-refractivity contribution >= 4 is 12.0 Å². The van der Waals surface area contributed by atoms with E-state index in [9.17, 15) is 9.18 Å². The molecule has 1 fully saturated rings. The Kier molecular flexibility index (Phi) is 7.14. The highest BCUT2D eigenvalue weighted by atomic mass is 19.1. The first kappa shape index (κ1) is 19.6. The van der Waals surface area contributed by atoms with Gasteiger partial charge in [0.2, 0.25) is 5.91 Å². The summed E-state index contributed by atoms with van der Waals surface area (Å²) in [4.78, 5) is 15.6. The fourth-order valence-electron chi connectivity index (χ4n) is 3.24. The molecule has 2 rings (SSSR count). The van der Waals surface area contributed by atoms with Gasteiger partial charge in [-0.2, -0.15) is 0 Å². The largest absolute Gasteiger partial charge is 0.387 e. The summed E-state index contributed by atoms with van der Waals surface area (Å²) < 4.78 is 13.7. The molecule has 1 N–H and O–H groups in total. The number of amides is 1. The number of carbonyl (C=O) groups is 1. The van der Waals surface area contributed by atoms with Crippen molar-refractivity contribution in [1.82, 2.24) is 9.80 Å². The van der Waals surface area contributed by atoms with Crippen LogP contribution in [0.1, 0.15) is 36.5 Å². The molecule has 0 bridgehead atoms. The number of benzene rings is 1. The molecule has 1 heterocycles. The lowest BCUT2D eigenvalue weighted by Crippen LogP contribution is -2.49. The van der Waals surface area contributed by atoms with Crippen molar-refractivity contribution in [1.29, 1.82) is 0 Å².